The lowest BCUT2D eigenvalue weighted by Gasteiger charge is -2.30. The first-order chi connectivity index (χ1) is 12.5. The van der Waals surface area contributed by atoms with Gasteiger partial charge in [0.1, 0.15) is 6.10 Å². The van der Waals surface area contributed by atoms with Crippen molar-refractivity contribution in [3.8, 4) is 0 Å². The first kappa shape index (κ1) is 21.1. The van der Waals surface area contributed by atoms with Gasteiger partial charge >= 0.3 is 7.60 Å². The molecule has 0 unspecified atom stereocenters. The fraction of sp³-hybridized carbons (Fsp3) is 0.368. The largest absolute Gasteiger partial charge is 0.385 e. The molecule has 2 rings (SSSR count). The van der Waals surface area contributed by atoms with Gasteiger partial charge in [-0.15, -0.1) is 0 Å². The molecule has 26 heavy (non-hydrogen) atoms. The van der Waals surface area contributed by atoms with E-state index in [9.17, 15) is 9.67 Å². The van der Waals surface area contributed by atoms with Crippen molar-refractivity contribution in [2.75, 3.05) is 13.2 Å². The molecule has 0 bridgehead atoms. The summed E-state index contributed by atoms with van der Waals surface area (Å²) in [5, 5.41) is 11.2. The average Bonchev–Trinajstić information content (AvgIpc) is 2.63. The van der Waals surface area contributed by atoms with Gasteiger partial charge in [0.2, 0.25) is 0 Å². The summed E-state index contributed by atoms with van der Waals surface area (Å²) in [4.78, 5) is 0. The Balaban J connectivity index is 2.33. The Kier molecular flexibility index (Phi) is 8.29. The molecule has 1 N–H and O–H groups in total. The molecule has 5 nitrogen and oxygen atoms in total. The van der Waals surface area contributed by atoms with Crippen molar-refractivity contribution in [3.05, 3.63) is 70.7 Å². The molecule has 0 saturated carbocycles. The molecule has 0 aliphatic rings. The zero-order chi connectivity index (χ0) is 19.0. The number of aliphatic hydroxyl groups is 1. The lowest BCUT2D eigenvalue weighted by Crippen LogP contribution is -2.25. The van der Waals surface area contributed by atoms with Gasteiger partial charge in [0.25, 0.3) is 0 Å². The molecule has 0 amide bonds. The van der Waals surface area contributed by atoms with Crippen LogP contribution in [0, 0.1) is 0 Å². The fourth-order valence-corrected chi connectivity index (χ4v) is 4.62. The summed E-state index contributed by atoms with van der Waals surface area (Å²) in [7, 11) is -3.74. The summed E-state index contributed by atoms with van der Waals surface area (Å²) in [6, 6.07) is 16.2. The van der Waals surface area contributed by atoms with Crippen LogP contribution in [0.15, 0.2) is 54.6 Å². The van der Waals surface area contributed by atoms with Crippen LogP contribution < -0.4 is 0 Å². The van der Waals surface area contributed by atoms with Gasteiger partial charge in [-0.25, -0.2) is 0 Å². The second-order valence-electron chi connectivity index (χ2n) is 5.53. The van der Waals surface area contributed by atoms with Gasteiger partial charge < -0.3 is 18.9 Å². The van der Waals surface area contributed by atoms with E-state index in [1.807, 2.05) is 30.3 Å². The van der Waals surface area contributed by atoms with Crippen LogP contribution in [-0.2, 0) is 25.0 Å². The van der Waals surface area contributed by atoms with Crippen LogP contribution in [0.3, 0.4) is 0 Å². The minimum atomic E-state index is -3.74. The molecule has 0 spiro atoms. The number of rotatable bonds is 10. The van der Waals surface area contributed by atoms with Crippen molar-refractivity contribution >= 4 is 19.2 Å². The first-order valence-corrected chi connectivity index (χ1v) is 10.5. The Labute approximate surface area is 159 Å². The van der Waals surface area contributed by atoms with E-state index in [1.165, 1.54) is 0 Å². The second kappa shape index (κ2) is 10.2. The second-order valence-corrected chi connectivity index (χ2v) is 8.04. The zero-order valence-electron chi connectivity index (χ0n) is 14.9. The predicted octanol–water partition coefficient (Wildman–Crippen LogP) is 5.18. The van der Waals surface area contributed by atoms with Crippen molar-refractivity contribution in [2.45, 2.75) is 32.4 Å². The summed E-state index contributed by atoms with van der Waals surface area (Å²) in [5.74, 6) is -1.21. The lowest BCUT2D eigenvalue weighted by molar-refractivity contribution is -0.0204. The minimum absolute atomic E-state index is 0.150. The monoisotopic (exact) mass is 398 g/mol. The maximum atomic E-state index is 13.3. The third-order valence-corrected chi connectivity index (χ3v) is 6.32. The topological polar surface area (TPSA) is 65.0 Å². The van der Waals surface area contributed by atoms with Gasteiger partial charge in [-0.05, 0) is 25.5 Å². The van der Waals surface area contributed by atoms with E-state index < -0.39 is 19.5 Å². The highest BCUT2D eigenvalue weighted by Crippen LogP contribution is 2.57. The van der Waals surface area contributed by atoms with E-state index >= 15 is 0 Å². The molecular weight excluding hydrogens is 375 g/mol. The Morgan fingerprint density at radius 1 is 1.00 bits per heavy atom. The van der Waals surface area contributed by atoms with Gasteiger partial charge in [-0.1, -0.05) is 60.1 Å². The Bertz CT molecular complexity index is 715. The molecule has 0 saturated heterocycles. The molecule has 2 aromatic rings. The zero-order valence-corrected chi connectivity index (χ0v) is 16.5. The van der Waals surface area contributed by atoms with Crippen LogP contribution in [0.5, 0.6) is 0 Å². The highest BCUT2D eigenvalue weighted by atomic mass is 35.5. The molecule has 0 heterocycles. The summed E-state index contributed by atoms with van der Waals surface area (Å²) in [6.45, 7) is 3.90. The van der Waals surface area contributed by atoms with Crippen molar-refractivity contribution in [2.24, 2.45) is 0 Å². The van der Waals surface area contributed by atoms with Crippen molar-refractivity contribution < 1.29 is 23.5 Å². The van der Waals surface area contributed by atoms with Crippen LogP contribution in [0.25, 0.3) is 0 Å². The van der Waals surface area contributed by atoms with E-state index in [0.29, 0.717) is 10.6 Å². The highest BCUT2D eigenvalue weighted by molar-refractivity contribution is 7.54. The van der Waals surface area contributed by atoms with Gasteiger partial charge in [0, 0.05) is 10.6 Å². The van der Waals surface area contributed by atoms with Crippen molar-refractivity contribution in [1.29, 1.82) is 0 Å². The molecule has 0 aliphatic carbocycles. The summed E-state index contributed by atoms with van der Waals surface area (Å²) >= 11 is 6.20. The van der Waals surface area contributed by atoms with Gasteiger partial charge in [0.15, 0.2) is 5.85 Å². The molecule has 0 aliphatic heterocycles. The van der Waals surface area contributed by atoms with E-state index in [1.54, 1.807) is 38.1 Å². The molecule has 0 aromatic heterocycles. The lowest BCUT2D eigenvalue weighted by atomic mass is 10.1. The smallest absolute Gasteiger partial charge is 0.362 e. The number of ether oxygens (including phenoxy) is 1. The third kappa shape index (κ3) is 5.40. The summed E-state index contributed by atoms with van der Waals surface area (Å²) in [6.07, 6.45) is -1.27. The maximum absolute atomic E-state index is 13.3. The standard InChI is InChI=1S/C19H24ClO5P/c1-3-24-26(22,25-4-2)19(23-14-15-10-6-5-7-11-15)18(21)16-12-8-9-13-17(16)20/h5-13,18-19,21H,3-4,14H2,1-2H3/t18-,19-/m0/s1. The number of hydrogen-bond acceptors (Lipinski definition) is 5. The molecule has 0 radical (unpaired) electrons. The summed E-state index contributed by atoms with van der Waals surface area (Å²) < 4.78 is 30.0. The van der Waals surface area contributed by atoms with E-state index in [-0.39, 0.29) is 19.8 Å². The average molecular weight is 399 g/mol. The predicted molar refractivity (Wildman–Crippen MR) is 102 cm³/mol. The molecule has 2 atom stereocenters. The van der Waals surface area contributed by atoms with Gasteiger partial charge in [0.05, 0.1) is 19.8 Å². The van der Waals surface area contributed by atoms with Crippen LogP contribution in [-0.4, -0.2) is 24.2 Å². The van der Waals surface area contributed by atoms with Gasteiger partial charge in [-0.3, -0.25) is 4.57 Å². The van der Waals surface area contributed by atoms with Gasteiger partial charge in [-0.2, -0.15) is 0 Å². The molecular formula is C19H24ClO5P. The first-order valence-electron chi connectivity index (χ1n) is 8.48. The number of aliphatic hydroxyl groups excluding tert-OH is 1. The van der Waals surface area contributed by atoms with Crippen molar-refractivity contribution in [3.63, 3.8) is 0 Å². The van der Waals surface area contributed by atoms with E-state index in [2.05, 4.69) is 0 Å². The molecule has 142 valence electrons. The summed E-state index contributed by atoms with van der Waals surface area (Å²) in [5.41, 5.74) is 1.29. The maximum Gasteiger partial charge on any atom is 0.362 e. The van der Waals surface area contributed by atoms with Crippen LogP contribution in [0.4, 0.5) is 0 Å². The van der Waals surface area contributed by atoms with E-state index in [0.717, 1.165) is 5.56 Å². The van der Waals surface area contributed by atoms with Crippen LogP contribution >= 0.6 is 19.2 Å². The Morgan fingerprint density at radius 3 is 2.15 bits per heavy atom. The normalized spacial score (nSPS) is 14.2. The molecule has 7 heteroatoms. The Morgan fingerprint density at radius 2 is 1.58 bits per heavy atom. The third-order valence-electron chi connectivity index (χ3n) is 3.69. The van der Waals surface area contributed by atoms with Crippen LogP contribution in [0.1, 0.15) is 31.1 Å². The molecule has 0 fully saturated rings. The number of hydrogen-bond donors (Lipinski definition) is 1. The quantitative estimate of drug-likeness (QED) is 0.558. The van der Waals surface area contributed by atoms with Crippen molar-refractivity contribution in [1.82, 2.24) is 0 Å². The number of benzene rings is 2. The number of halogens is 1. The minimum Gasteiger partial charge on any atom is -0.385 e. The molecule has 2 aromatic carbocycles. The van der Waals surface area contributed by atoms with E-state index in [4.69, 9.17) is 25.4 Å². The highest BCUT2D eigenvalue weighted by Gasteiger charge is 2.43. The van der Waals surface area contributed by atoms with Crippen LogP contribution in [0.2, 0.25) is 5.02 Å². The SMILES string of the molecule is CCOP(=O)(OCC)[C@H](OCc1ccccc1)[C@@H](O)c1ccccc1Cl. The Hall–Kier alpha value is -1.20. The fourth-order valence-electron chi connectivity index (χ4n) is 2.52.